The van der Waals surface area contributed by atoms with E-state index in [1.807, 2.05) is 6.92 Å². The summed E-state index contributed by atoms with van der Waals surface area (Å²) in [5.74, 6) is -0.624. The fraction of sp³-hybridized carbons (Fsp3) is 0.739. The number of fused-ring (bicyclic) bond motifs is 1. The standard InChI is InChI=1S/C23H35N5O3/c1-3-27-21(30)19-14-18(20(29)24-16-10-6-4-5-7-11-16)26-28(19)15-23(27,2)22(31)25-17-12-8-9-13-17/h14,16-17H,3-13,15H2,1-2H3,(H,24,29)(H,25,31)/t23-/m1/s1. The summed E-state index contributed by atoms with van der Waals surface area (Å²) in [5.41, 5.74) is -0.397. The van der Waals surface area contributed by atoms with Crippen molar-refractivity contribution in [3.05, 3.63) is 17.5 Å². The zero-order valence-corrected chi connectivity index (χ0v) is 18.8. The van der Waals surface area contributed by atoms with Gasteiger partial charge in [0.2, 0.25) is 5.91 Å². The number of likely N-dealkylation sites (N-methyl/N-ethyl adjacent to an activating group) is 1. The van der Waals surface area contributed by atoms with Crippen LogP contribution in [0.3, 0.4) is 0 Å². The van der Waals surface area contributed by atoms with Crippen molar-refractivity contribution >= 4 is 17.7 Å². The second kappa shape index (κ2) is 9.01. The van der Waals surface area contributed by atoms with Crippen LogP contribution in [0.5, 0.6) is 0 Å². The molecule has 2 aliphatic carbocycles. The Kier molecular flexibility index (Phi) is 6.34. The lowest BCUT2D eigenvalue weighted by Crippen LogP contribution is -2.64. The first-order valence-corrected chi connectivity index (χ1v) is 11.9. The van der Waals surface area contributed by atoms with Crippen LogP contribution >= 0.6 is 0 Å². The van der Waals surface area contributed by atoms with Crippen molar-refractivity contribution in [3.63, 3.8) is 0 Å². The average Bonchev–Trinajstić information content (AvgIpc) is 3.33. The maximum atomic E-state index is 13.2. The smallest absolute Gasteiger partial charge is 0.273 e. The highest BCUT2D eigenvalue weighted by molar-refractivity contribution is 6.02. The van der Waals surface area contributed by atoms with Crippen LogP contribution in [-0.4, -0.2) is 56.6 Å². The Bertz CT molecular complexity index is 836. The predicted molar refractivity (Wildman–Crippen MR) is 117 cm³/mol. The Morgan fingerprint density at radius 1 is 1.03 bits per heavy atom. The quantitative estimate of drug-likeness (QED) is 0.703. The highest BCUT2D eigenvalue weighted by Gasteiger charge is 2.48. The first kappa shape index (κ1) is 21.8. The summed E-state index contributed by atoms with van der Waals surface area (Å²) in [6.45, 7) is 4.35. The highest BCUT2D eigenvalue weighted by atomic mass is 16.2. The lowest BCUT2D eigenvalue weighted by Gasteiger charge is -2.43. The Hall–Kier alpha value is -2.38. The molecule has 2 fully saturated rings. The third kappa shape index (κ3) is 4.34. The van der Waals surface area contributed by atoms with Crippen molar-refractivity contribution < 1.29 is 14.4 Å². The summed E-state index contributed by atoms with van der Waals surface area (Å²) in [5, 5.41) is 10.7. The van der Waals surface area contributed by atoms with Crippen molar-refractivity contribution in [2.24, 2.45) is 0 Å². The molecule has 1 aliphatic heterocycles. The molecule has 2 N–H and O–H groups in total. The summed E-state index contributed by atoms with van der Waals surface area (Å²) in [4.78, 5) is 40.9. The van der Waals surface area contributed by atoms with Gasteiger partial charge in [-0.15, -0.1) is 0 Å². The number of amides is 3. The van der Waals surface area contributed by atoms with Gasteiger partial charge in [0.05, 0.1) is 6.54 Å². The van der Waals surface area contributed by atoms with Crippen LogP contribution in [0.4, 0.5) is 0 Å². The molecule has 1 atom stereocenters. The van der Waals surface area contributed by atoms with Crippen LogP contribution < -0.4 is 10.6 Å². The Morgan fingerprint density at radius 3 is 2.23 bits per heavy atom. The average molecular weight is 430 g/mol. The van der Waals surface area contributed by atoms with Gasteiger partial charge in [-0.05, 0) is 39.5 Å². The third-order valence-corrected chi connectivity index (χ3v) is 7.22. The van der Waals surface area contributed by atoms with Crippen LogP contribution in [-0.2, 0) is 11.3 Å². The largest absolute Gasteiger partial charge is 0.351 e. The number of nitrogens with zero attached hydrogens (tertiary/aromatic N) is 3. The molecule has 3 amide bonds. The van der Waals surface area contributed by atoms with E-state index in [9.17, 15) is 14.4 Å². The molecule has 1 aromatic rings. The van der Waals surface area contributed by atoms with Gasteiger partial charge in [0.15, 0.2) is 5.69 Å². The highest BCUT2D eigenvalue weighted by Crippen LogP contribution is 2.29. The van der Waals surface area contributed by atoms with E-state index in [0.29, 0.717) is 12.2 Å². The fourth-order valence-electron chi connectivity index (χ4n) is 5.34. The van der Waals surface area contributed by atoms with Crippen LogP contribution in [0.15, 0.2) is 6.07 Å². The van der Waals surface area contributed by atoms with Gasteiger partial charge in [0.25, 0.3) is 11.8 Å². The van der Waals surface area contributed by atoms with Crippen molar-refractivity contribution in [2.75, 3.05) is 6.54 Å². The van der Waals surface area contributed by atoms with E-state index in [0.717, 1.165) is 51.4 Å². The summed E-state index contributed by atoms with van der Waals surface area (Å²) in [7, 11) is 0. The molecule has 2 heterocycles. The maximum Gasteiger partial charge on any atom is 0.273 e. The molecule has 2 saturated carbocycles. The van der Waals surface area contributed by atoms with E-state index in [4.69, 9.17) is 0 Å². The van der Waals surface area contributed by atoms with Crippen LogP contribution in [0.25, 0.3) is 0 Å². The molecule has 0 bridgehead atoms. The lowest BCUT2D eigenvalue weighted by molar-refractivity contribution is -0.133. The van der Waals surface area contributed by atoms with Crippen molar-refractivity contribution in [3.8, 4) is 0 Å². The number of hydrogen-bond donors (Lipinski definition) is 2. The van der Waals surface area contributed by atoms with E-state index in [1.54, 1.807) is 22.6 Å². The lowest BCUT2D eigenvalue weighted by atomic mass is 9.94. The normalized spacial score (nSPS) is 25.2. The number of carbonyl (C=O) groups excluding carboxylic acids is 3. The Morgan fingerprint density at radius 2 is 1.61 bits per heavy atom. The minimum Gasteiger partial charge on any atom is -0.351 e. The molecule has 31 heavy (non-hydrogen) atoms. The van der Waals surface area contributed by atoms with Crippen molar-refractivity contribution in [1.29, 1.82) is 0 Å². The molecule has 8 heteroatoms. The monoisotopic (exact) mass is 429 g/mol. The summed E-state index contributed by atoms with van der Waals surface area (Å²) in [6.07, 6.45) is 10.9. The van der Waals surface area contributed by atoms with E-state index in [-0.39, 0.29) is 42.0 Å². The van der Waals surface area contributed by atoms with Crippen LogP contribution in [0.2, 0.25) is 0 Å². The van der Waals surface area contributed by atoms with Crippen LogP contribution in [0.1, 0.15) is 99.0 Å². The Labute approximate surface area is 184 Å². The Balaban J connectivity index is 1.52. The second-order valence-electron chi connectivity index (χ2n) is 9.51. The molecular formula is C23H35N5O3. The fourth-order valence-corrected chi connectivity index (χ4v) is 5.34. The van der Waals surface area contributed by atoms with Gasteiger partial charge >= 0.3 is 0 Å². The molecule has 0 aromatic carbocycles. The van der Waals surface area contributed by atoms with E-state index in [2.05, 4.69) is 15.7 Å². The van der Waals surface area contributed by atoms with Gasteiger partial charge in [0, 0.05) is 24.7 Å². The van der Waals surface area contributed by atoms with Gasteiger partial charge in [-0.2, -0.15) is 5.10 Å². The summed E-state index contributed by atoms with van der Waals surface area (Å²) >= 11 is 0. The number of rotatable bonds is 5. The third-order valence-electron chi connectivity index (χ3n) is 7.22. The van der Waals surface area contributed by atoms with Gasteiger partial charge in [-0.1, -0.05) is 38.5 Å². The van der Waals surface area contributed by atoms with Crippen LogP contribution in [0, 0.1) is 0 Å². The first-order chi connectivity index (χ1) is 14.9. The number of nitrogens with one attached hydrogen (secondary N) is 2. The van der Waals surface area contributed by atoms with Crippen molar-refractivity contribution in [1.82, 2.24) is 25.3 Å². The summed E-state index contributed by atoms with van der Waals surface area (Å²) in [6, 6.07) is 1.92. The van der Waals surface area contributed by atoms with Gasteiger partial charge in [-0.25, -0.2) is 0 Å². The maximum absolute atomic E-state index is 13.2. The first-order valence-electron chi connectivity index (χ1n) is 11.9. The molecule has 8 nitrogen and oxygen atoms in total. The molecule has 4 rings (SSSR count). The molecule has 1 aromatic heterocycles. The molecule has 0 saturated heterocycles. The molecular weight excluding hydrogens is 394 g/mol. The molecule has 0 spiro atoms. The molecule has 170 valence electrons. The molecule has 3 aliphatic rings. The molecule has 0 radical (unpaired) electrons. The topological polar surface area (TPSA) is 96.3 Å². The van der Waals surface area contributed by atoms with E-state index < -0.39 is 5.54 Å². The number of hydrogen-bond acceptors (Lipinski definition) is 4. The minimum absolute atomic E-state index is 0.139. The predicted octanol–water partition coefficient (Wildman–Crippen LogP) is 2.63. The van der Waals surface area contributed by atoms with Gasteiger partial charge < -0.3 is 15.5 Å². The zero-order chi connectivity index (χ0) is 22.0. The molecule has 0 unspecified atom stereocenters. The van der Waals surface area contributed by atoms with Gasteiger partial charge in [0.1, 0.15) is 11.2 Å². The number of carbonyl (C=O) groups is 3. The van der Waals surface area contributed by atoms with E-state index >= 15 is 0 Å². The SMILES string of the molecule is CCN1C(=O)c2cc(C(=O)NC3CCCCCC3)nn2C[C@]1(C)C(=O)NC1CCCC1. The van der Waals surface area contributed by atoms with Gasteiger partial charge in [-0.3, -0.25) is 19.1 Å². The van der Waals surface area contributed by atoms with E-state index in [1.165, 1.54) is 12.8 Å². The second-order valence-corrected chi connectivity index (χ2v) is 9.51. The number of aromatic nitrogens is 2. The minimum atomic E-state index is -1.03. The van der Waals surface area contributed by atoms with Crippen molar-refractivity contribution in [2.45, 2.75) is 102 Å². The summed E-state index contributed by atoms with van der Waals surface area (Å²) < 4.78 is 1.55. The zero-order valence-electron chi connectivity index (χ0n) is 18.8.